The molecule has 0 spiro atoms. The van der Waals surface area contributed by atoms with Gasteiger partial charge >= 0.3 is 0 Å². The molecule has 0 saturated heterocycles. The van der Waals surface area contributed by atoms with Crippen molar-refractivity contribution in [3.05, 3.63) is 65.2 Å². The molecule has 0 aliphatic heterocycles. The van der Waals surface area contributed by atoms with E-state index in [4.69, 9.17) is 4.74 Å². The lowest BCUT2D eigenvalue weighted by Crippen LogP contribution is -2.49. The second-order valence-corrected chi connectivity index (χ2v) is 7.93. The largest absolute Gasteiger partial charge is 0.484 e. The molecule has 2 rings (SSSR count). The molecule has 29 heavy (non-hydrogen) atoms. The maximum Gasteiger partial charge on any atom is 0.261 e. The van der Waals surface area contributed by atoms with E-state index >= 15 is 0 Å². The fourth-order valence-corrected chi connectivity index (χ4v) is 2.90. The van der Waals surface area contributed by atoms with Crippen molar-refractivity contribution in [3.63, 3.8) is 0 Å². The van der Waals surface area contributed by atoms with Crippen LogP contribution in [0.2, 0.25) is 0 Å². The molecule has 0 fully saturated rings. The normalized spacial score (nSPS) is 11.8. The summed E-state index contributed by atoms with van der Waals surface area (Å²) in [6, 6.07) is 14.9. The molecule has 1 atom stereocenters. The first-order chi connectivity index (χ1) is 13.8. The van der Waals surface area contributed by atoms with E-state index in [1.54, 1.807) is 11.8 Å². The van der Waals surface area contributed by atoms with Gasteiger partial charge in [-0.25, -0.2) is 0 Å². The zero-order valence-electron chi connectivity index (χ0n) is 18.1. The minimum absolute atomic E-state index is 0.114. The van der Waals surface area contributed by atoms with Crippen LogP contribution in [0.3, 0.4) is 0 Å². The van der Waals surface area contributed by atoms with Gasteiger partial charge in [0.1, 0.15) is 11.8 Å². The molecule has 0 saturated carbocycles. The van der Waals surface area contributed by atoms with Crippen molar-refractivity contribution in [1.29, 1.82) is 0 Å². The standard InChI is InChI=1S/C24H32N2O3/c1-17(2)14-25-24(28)20(5)26(15-21-8-6-7-19(4)13-21)23(27)16-29-22-11-9-18(3)10-12-22/h6-13,17,20H,14-16H2,1-5H3,(H,25,28). The molecule has 0 heterocycles. The van der Waals surface area contributed by atoms with Gasteiger partial charge in [0, 0.05) is 13.1 Å². The zero-order valence-corrected chi connectivity index (χ0v) is 18.1. The lowest BCUT2D eigenvalue weighted by atomic mass is 10.1. The van der Waals surface area contributed by atoms with Crippen LogP contribution in [0.4, 0.5) is 0 Å². The smallest absolute Gasteiger partial charge is 0.261 e. The Hall–Kier alpha value is -2.82. The number of carbonyl (C=O) groups excluding carboxylic acids is 2. The maximum atomic E-state index is 13.0. The van der Waals surface area contributed by atoms with E-state index in [1.165, 1.54) is 0 Å². The molecule has 0 radical (unpaired) electrons. The van der Waals surface area contributed by atoms with Gasteiger partial charge in [-0.1, -0.05) is 61.4 Å². The highest BCUT2D eigenvalue weighted by Crippen LogP contribution is 2.14. The van der Waals surface area contributed by atoms with Crippen molar-refractivity contribution >= 4 is 11.8 Å². The van der Waals surface area contributed by atoms with E-state index in [9.17, 15) is 9.59 Å². The molecule has 156 valence electrons. The lowest BCUT2D eigenvalue weighted by Gasteiger charge is -2.29. The Morgan fingerprint density at radius 2 is 1.69 bits per heavy atom. The minimum atomic E-state index is -0.594. The molecule has 1 N–H and O–H groups in total. The molecule has 1 unspecified atom stereocenters. The highest BCUT2D eigenvalue weighted by atomic mass is 16.5. The molecule has 0 bridgehead atoms. The number of rotatable bonds is 9. The number of hydrogen-bond acceptors (Lipinski definition) is 3. The van der Waals surface area contributed by atoms with Crippen molar-refractivity contribution in [3.8, 4) is 5.75 Å². The number of carbonyl (C=O) groups is 2. The summed E-state index contributed by atoms with van der Waals surface area (Å²) in [5.41, 5.74) is 3.22. The van der Waals surface area contributed by atoms with Crippen molar-refractivity contribution < 1.29 is 14.3 Å². The quantitative estimate of drug-likeness (QED) is 0.700. The van der Waals surface area contributed by atoms with Gasteiger partial charge in [-0.2, -0.15) is 0 Å². The fourth-order valence-electron chi connectivity index (χ4n) is 2.90. The topological polar surface area (TPSA) is 58.6 Å². The van der Waals surface area contributed by atoms with Crippen LogP contribution in [0, 0.1) is 19.8 Å². The lowest BCUT2D eigenvalue weighted by molar-refractivity contribution is -0.142. The molecule has 2 aromatic rings. The number of nitrogens with zero attached hydrogens (tertiary/aromatic N) is 1. The van der Waals surface area contributed by atoms with Crippen molar-refractivity contribution in [2.24, 2.45) is 5.92 Å². The van der Waals surface area contributed by atoms with Crippen LogP contribution in [0.5, 0.6) is 5.75 Å². The van der Waals surface area contributed by atoms with Gasteiger partial charge < -0.3 is 15.0 Å². The van der Waals surface area contributed by atoms with Crippen molar-refractivity contribution in [2.45, 2.75) is 47.2 Å². The van der Waals surface area contributed by atoms with Crippen LogP contribution in [0.1, 0.15) is 37.5 Å². The molecule has 2 aromatic carbocycles. The summed E-state index contributed by atoms with van der Waals surface area (Å²) in [7, 11) is 0. The van der Waals surface area contributed by atoms with Gasteiger partial charge in [0.05, 0.1) is 0 Å². The Balaban J connectivity index is 2.12. The zero-order chi connectivity index (χ0) is 21.4. The van der Waals surface area contributed by atoms with Crippen molar-refractivity contribution in [2.75, 3.05) is 13.2 Å². The molecule has 2 amide bonds. The van der Waals surface area contributed by atoms with Gasteiger partial charge in [-0.15, -0.1) is 0 Å². The predicted molar refractivity (Wildman–Crippen MR) is 116 cm³/mol. The monoisotopic (exact) mass is 396 g/mol. The molecule has 5 nitrogen and oxygen atoms in total. The average Bonchev–Trinajstić information content (AvgIpc) is 2.69. The highest BCUT2D eigenvalue weighted by molar-refractivity contribution is 5.87. The number of amides is 2. The maximum absolute atomic E-state index is 13.0. The van der Waals surface area contributed by atoms with Gasteiger partial charge in [-0.3, -0.25) is 9.59 Å². The first-order valence-electron chi connectivity index (χ1n) is 10.1. The highest BCUT2D eigenvalue weighted by Gasteiger charge is 2.26. The third kappa shape index (κ3) is 7.26. The van der Waals surface area contributed by atoms with Gasteiger partial charge in [0.15, 0.2) is 6.61 Å². The number of hydrogen-bond donors (Lipinski definition) is 1. The van der Waals surface area contributed by atoms with E-state index in [0.29, 0.717) is 24.8 Å². The molecule has 5 heteroatoms. The summed E-state index contributed by atoms with van der Waals surface area (Å²) in [4.78, 5) is 27.2. The second kappa shape index (κ2) is 10.6. The summed E-state index contributed by atoms with van der Waals surface area (Å²) < 4.78 is 5.67. The van der Waals surface area contributed by atoms with Crippen LogP contribution in [-0.4, -0.2) is 35.9 Å². The molecule has 0 aliphatic carbocycles. The van der Waals surface area contributed by atoms with E-state index in [0.717, 1.165) is 16.7 Å². The second-order valence-electron chi connectivity index (χ2n) is 7.93. The van der Waals surface area contributed by atoms with Crippen LogP contribution in [0.25, 0.3) is 0 Å². The molecular formula is C24H32N2O3. The van der Waals surface area contributed by atoms with E-state index in [-0.39, 0.29) is 18.4 Å². The Morgan fingerprint density at radius 1 is 1.00 bits per heavy atom. The van der Waals surface area contributed by atoms with Crippen LogP contribution in [0.15, 0.2) is 48.5 Å². The van der Waals surface area contributed by atoms with Crippen LogP contribution < -0.4 is 10.1 Å². The van der Waals surface area contributed by atoms with Gasteiger partial charge in [-0.05, 0) is 44.4 Å². The number of aryl methyl sites for hydroxylation is 2. The van der Waals surface area contributed by atoms with Crippen molar-refractivity contribution in [1.82, 2.24) is 10.2 Å². The summed E-state index contributed by atoms with van der Waals surface area (Å²) >= 11 is 0. The Kier molecular flexibility index (Phi) is 8.25. The van der Waals surface area contributed by atoms with Gasteiger partial charge in [0.25, 0.3) is 5.91 Å². The minimum Gasteiger partial charge on any atom is -0.484 e. The summed E-state index contributed by atoms with van der Waals surface area (Å²) in [5.74, 6) is 0.600. The fraction of sp³-hybridized carbons (Fsp3) is 0.417. The summed E-state index contributed by atoms with van der Waals surface area (Å²) in [6.45, 7) is 10.7. The van der Waals surface area contributed by atoms with Crippen LogP contribution in [-0.2, 0) is 16.1 Å². The predicted octanol–water partition coefficient (Wildman–Crippen LogP) is 3.87. The summed E-state index contributed by atoms with van der Waals surface area (Å²) in [6.07, 6.45) is 0. The number of benzene rings is 2. The molecular weight excluding hydrogens is 364 g/mol. The van der Waals surface area contributed by atoms with E-state index in [2.05, 4.69) is 5.32 Å². The SMILES string of the molecule is Cc1ccc(OCC(=O)N(Cc2cccc(C)c2)C(C)C(=O)NCC(C)C)cc1. The third-order valence-corrected chi connectivity index (χ3v) is 4.67. The summed E-state index contributed by atoms with van der Waals surface area (Å²) in [5, 5.41) is 2.92. The van der Waals surface area contributed by atoms with Crippen LogP contribution >= 0.6 is 0 Å². The molecule has 0 aromatic heterocycles. The Morgan fingerprint density at radius 3 is 2.31 bits per heavy atom. The third-order valence-electron chi connectivity index (χ3n) is 4.67. The van der Waals surface area contributed by atoms with E-state index in [1.807, 2.05) is 76.2 Å². The Labute approximate surface area is 174 Å². The number of ether oxygens (including phenoxy) is 1. The average molecular weight is 397 g/mol. The Bertz CT molecular complexity index is 815. The first kappa shape index (κ1) is 22.5. The number of nitrogens with one attached hydrogen (secondary N) is 1. The van der Waals surface area contributed by atoms with E-state index < -0.39 is 6.04 Å². The van der Waals surface area contributed by atoms with Gasteiger partial charge in [0.2, 0.25) is 5.91 Å². The molecule has 0 aliphatic rings. The first-order valence-corrected chi connectivity index (χ1v) is 10.1.